The quantitative estimate of drug-likeness (QED) is 0.530. The van der Waals surface area contributed by atoms with Crippen LogP contribution in [0.15, 0.2) is 51.7 Å². The summed E-state index contributed by atoms with van der Waals surface area (Å²) in [7, 11) is 0. The lowest BCUT2D eigenvalue weighted by Gasteiger charge is -2.18. The predicted octanol–water partition coefficient (Wildman–Crippen LogP) is 3.13. The molecule has 0 saturated heterocycles. The third kappa shape index (κ3) is 3.13. The van der Waals surface area contributed by atoms with Crippen LogP contribution in [0.25, 0.3) is 11.0 Å². The molecule has 0 radical (unpaired) electrons. The Balaban J connectivity index is 1.51. The first-order valence-corrected chi connectivity index (χ1v) is 8.20. The second-order valence-electron chi connectivity index (χ2n) is 5.98. The Morgan fingerprint density at radius 3 is 2.69 bits per heavy atom. The van der Waals surface area contributed by atoms with Gasteiger partial charge in [0.2, 0.25) is 0 Å². The Morgan fingerprint density at radius 2 is 1.85 bits per heavy atom. The van der Waals surface area contributed by atoms with Crippen LogP contribution in [0.3, 0.4) is 0 Å². The molecule has 0 fully saturated rings. The zero-order chi connectivity index (χ0) is 18.1. The third-order valence-corrected chi connectivity index (χ3v) is 4.16. The van der Waals surface area contributed by atoms with E-state index < -0.39 is 5.63 Å². The molecule has 6 heteroatoms. The van der Waals surface area contributed by atoms with E-state index in [4.69, 9.17) is 18.6 Å². The van der Waals surface area contributed by atoms with E-state index in [1.165, 1.54) is 6.07 Å². The van der Waals surface area contributed by atoms with Crippen molar-refractivity contribution in [2.45, 2.75) is 6.92 Å². The van der Waals surface area contributed by atoms with Crippen molar-refractivity contribution in [1.29, 1.82) is 0 Å². The van der Waals surface area contributed by atoms with Crippen LogP contribution in [0.4, 0.5) is 0 Å². The van der Waals surface area contributed by atoms with Gasteiger partial charge in [0.15, 0.2) is 23.9 Å². The molecule has 0 spiro atoms. The second kappa shape index (κ2) is 6.55. The number of ketones is 1. The smallest absolute Gasteiger partial charge is 0.336 e. The lowest BCUT2D eigenvalue weighted by Crippen LogP contribution is -2.17. The SMILES string of the molecule is Cc1cc(=O)oc2cc(OCC(=O)c3ccc4c(c3)OCCO4)ccc12. The zero-order valence-electron chi connectivity index (χ0n) is 14.1. The van der Waals surface area contributed by atoms with Crippen LogP contribution in [0.1, 0.15) is 15.9 Å². The minimum absolute atomic E-state index is 0.138. The first-order valence-electron chi connectivity index (χ1n) is 8.20. The van der Waals surface area contributed by atoms with Crippen molar-refractivity contribution in [3.8, 4) is 17.2 Å². The molecule has 132 valence electrons. The summed E-state index contributed by atoms with van der Waals surface area (Å²) in [5.74, 6) is 1.46. The molecule has 6 nitrogen and oxygen atoms in total. The Morgan fingerprint density at radius 1 is 1.04 bits per heavy atom. The maximum atomic E-state index is 12.4. The highest BCUT2D eigenvalue weighted by atomic mass is 16.6. The van der Waals surface area contributed by atoms with Crippen LogP contribution in [-0.2, 0) is 0 Å². The number of aryl methyl sites for hydroxylation is 1. The van der Waals surface area contributed by atoms with Gasteiger partial charge in [-0.3, -0.25) is 4.79 Å². The van der Waals surface area contributed by atoms with E-state index in [1.54, 1.807) is 36.4 Å². The van der Waals surface area contributed by atoms with Gasteiger partial charge in [0, 0.05) is 23.1 Å². The summed E-state index contributed by atoms with van der Waals surface area (Å²) >= 11 is 0. The number of rotatable bonds is 4. The number of ether oxygens (including phenoxy) is 3. The molecule has 2 aromatic carbocycles. The number of fused-ring (bicyclic) bond motifs is 2. The molecule has 0 bridgehead atoms. The highest BCUT2D eigenvalue weighted by Gasteiger charge is 2.15. The summed E-state index contributed by atoms with van der Waals surface area (Å²) in [5.41, 5.74) is 1.33. The van der Waals surface area contributed by atoms with Gasteiger partial charge in [-0.25, -0.2) is 4.79 Å². The summed E-state index contributed by atoms with van der Waals surface area (Å²) < 4.78 is 21.7. The molecule has 26 heavy (non-hydrogen) atoms. The van der Waals surface area contributed by atoms with Crippen LogP contribution in [0, 0.1) is 6.92 Å². The highest BCUT2D eigenvalue weighted by Crippen LogP contribution is 2.31. The van der Waals surface area contributed by atoms with E-state index in [1.807, 2.05) is 6.92 Å². The van der Waals surface area contributed by atoms with Gasteiger partial charge in [-0.1, -0.05) is 0 Å². The van der Waals surface area contributed by atoms with Gasteiger partial charge < -0.3 is 18.6 Å². The molecular formula is C20H16O6. The average molecular weight is 352 g/mol. The van der Waals surface area contributed by atoms with Crippen molar-refractivity contribution in [3.05, 3.63) is 64.0 Å². The number of benzene rings is 2. The molecule has 1 aliphatic heterocycles. The van der Waals surface area contributed by atoms with E-state index in [2.05, 4.69) is 0 Å². The summed E-state index contributed by atoms with van der Waals surface area (Å²) in [6.07, 6.45) is 0. The number of carbonyl (C=O) groups is 1. The van der Waals surface area contributed by atoms with Crippen LogP contribution in [-0.4, -0.2) is 25.6 Å². The van der Waals surface area contributed by atoms with Gasteiger partial charge in [0.25, 0.3) is 0 Å². The molecule has 4 rings (SSSR count). The first kappa shape index (κ1) is 16.2. The van der Waals surface area contributed by atoms with Crippen molar-refractivity contribution in [3.63, 3.8) is 0 Å². The van der Waals surface area contributed by atoms with Crippen molar-refractivity contribution in [1.82, 2.24) is 0 Å². The molecule has 0 aliphatic carbocycles. The average Bonchev–Trinajstić information content (AvgIpc) is 2.65. The van der Waals surface area contributed by atoms with Gasteiger partial charge in [-0.15, -0.1) is 0 Å². The standard InChI is InChI=1S/C20H16O6/c1-12-8-20(22)26-18-10-14(3-4-15(12)18)25-11-16(21)13-2-5-17-19(9-13)24-7-6-23-17/h2-5,8-10H,6-7,11H2,1H3. The molecule has 1 aromatic heterocycles. The van der Waals surface area contributed by atoms with E-state index in [0.717, 1.165) is 10.9 Å². The maximum absolute atomic E-state index is 12.4. The maximum Gasteiger partial charge on any atom is 0.336 e. The molecular weight excluding hydrogens is 336 g/mol. The minimum Gasteiger partial charge on any atom is -0.486 e. The van der Waals surface area contributed by atoms with Gasteiger partial charge in [-0.2, -0.15) is 0 Å². The Labute approximate surface area is 148 Å². The van der Waals surface area contributed by atoms with Crippen LogP contribution in [0.2, 0.25) is 0 Å². The second-order valence-corrected chi connectivity index (χ2v) is 5.98. The Hall–Kier alpha value is -3.28. The lowest BCUT2D eigenvalue weighted by atomic mass is 10.1. The van der Waals surface area contributed by atoms with E-state index in [9.17, 15) is 9.59 Å². The fourth-order valence-corrected chi connectivity index (χ4v) is 2.84. The summed E-state index contributed by atoms with van der Waals surface area (Å²) in [6, 6.07) is 11.7. The van der Waals surface area contributed by atoms with E-state index in [0.29, 0.717) is 41.6 Å². The third-order valence-electron chi connectivity index (χ3n) is 4.16. The Bertz CT molecular complexity index is 1050. The van der Waals surface area contributed by atoms with Crippen LogP contribution in [0.5, 0.6) is 17.2 Å². The lowest BCUT2D eigenvalue weighted by molar-refractivity contribution is 0.0920. The largest absolute Gasteiger partial charge is 0.486 e. The fourth-order valence-electron chi connectivity index (χ4n) is 2.84. The van der Waals surface area contributed by atoms with Crippen molar-refractivity contribution < 1.29 is 23.4 Å². The van der Waals surface area contributed by atoms with Gasteiger partial charge in [-0.05, 0) is 42.8 Å². The topological polar surface area (TPSA) is 75.0 Å². The zero-order valence-corrected chi connectivity index (χ0v) is 14.1. The van der Waals surface area contributed by atoms with Crippen molar-refractivity contribution in [2.24, 2.45) is 0 Å². The molecule has 0 saturated carbocycles. The number of Topliss-reactive ketones (excluding diaryl/α,β-unsaturated/α-hetero) is 1. The summed E-state index contributed by atoms with van der Waals surface area (Å²) in [6.45, 7) is 2.66. The fraction of sp³-hybridized carbons (Fsp3) is 0.200. The molecule has 1 aliphatic rings. The number of carbonyl (C=O) groups excluding carboxylic acids is 1. The number of hydrogen-bond donors (Lipinski definition) is 0. The van der Waals surface area contributed by atoms with Gasteiger partial charge in [0.05, 0.1) is 0 Å². The molecule has 0 amide bonds. The Kier molecular flexibility index (Phi) is 4.08. The van der Waals surface area contributed by atoms with Crippen LogP contribution < -0.4 is 19.8 Å². The first-order chi connectivity index (χ1) is 12.6. The van der Waals surface area contributed by atoms with E-state index in [-0.39, 0.29) is 12.4 Å². The number of hydrogen-bond acceptors (Lipinski definition) is 6. The summed E-state index contributed by atoms with van der Waals surface area (Å²) in [4.78, 5) is 23.9. The predicted molar refractivity (Wildman–Crippen MR) is 94.5 cm³/mol. The monoisotopic (exact) mass is 352 g/mol. The molecule has 0 atom stereocenters. The van der Waals surface area contributed by atoms with Crippen molar-refractivity contribution in [2.75, 3.05) is 19.8 Å². The van der Waals surface area contributed by atoms with Gasteiger partial charge >= 0.3 is 5.63 Å². The minimum atomic E-state index is -0.417. The normalized spacial score (nSPS) is 12.8. The van der Waals surface area contributed by atoms with Gasteiger partial charge in [0.1, 0.15) is 24.5 Å². The summed E-state index contributed by atoms with van der Waals surface area (Å²) in [5, 5.41) is 0.829. The van der Waals surface area contributed by atoms with E-state index >= 15 is 0 Å². The molecule has 0 unspecified atom stereocenters. The molecule has 0 N–H and O–H groups in total. The molecule has 3 aromatic rings. The van der Waals surface area contributed by atoms with Crippen LogP contribution >= 0.6 is 0 Å². The van der Waals surface area contributed by atoms with Crippen molar-refractivity contribution >= 4 is 16.8 Å². The highest BCUT2D eigenvalue weighted by molar-refractivity contribution is 5.98. The molecule has 2 heterocycles.